The molecule has 0 saturated heterocycles. The summed E-state index contributed by atoms with van der Waals surface area (Å²) in [6.45, 7) is 3.48. The van der Waals surface area contributed by atoms with Crippen molar-refractivity contribution >= 4 is 28.2 Å². The van der Waals surface area contributed by atoms with Gasteiger partial charge in [0.1, 0.15) is 5.75 Å². The molecule has 0 spiro atoms. The van der Waals surface area contributed by atoms with E-state index in [2.05, 4.69) is 28.3 Å². The maximum Gasteiger partial charge on any atom is 0.247 e. The van der Waals surface area contributed by atoms with Crippen molar-refractivity contribution in [3.63, 3.8) is 0 Å². The number of nitrogens with one attached hydrogen (secondary N) is 2. The van der Waals surface area contributed by atoms with Crippen LogP contribution >= 0.6 is 0 Å². The lowest BCUT2D eigenvalue weighted by atomic mass is 10.0. The van der Waals surface area contributed by atoms with Crippen LogP contribution in [-0.2, 0) is 4.79 Å². The van der Waals surface area contributed by atoms with Crippen molar-refractivity contribution in [2.24, 2.45) is 0 Å². The third kappa shape index (κ3) is 3.30. The van der Waals surface area contributed by atoms with E-state index >= 15 is 0 Å². The van der Waals surface area contributed by atoms with Gasteiger partial charge in [0.05, 0.1) is 18.3 Å². The summed E-state index contributed by atoms with van der Waals surface area (Å²) in [7, 11) is 3.46. The number of amides is 1. The lowest BCUT2D eigenvalue weighted by Crippen LogP contribution is -2.08. The van der Waals surface area contributed by atoms with Gasteiger partial charge >= 0.3 is 0 Å². The van der Waals surface area contributed by atoms with E-state index < -0.39 is 0 Å². The molecule has 0 unspecified atom stereocenters. The summed E-state index contributed by atoms with van der Waals surface area (Å²) in [5.41, 5.74) is 4.52. The molecule has 0 atom stereocenters. The summed E-state index contributed by atoms with van der Waals surface area (Å²) >= 11 is 0. The number of benzene rings is 2. The second-order valence-corrected chi connectivity index (χ2v) is 5.45. The Morgan fingerprint density at radius 1 is 1.12 bits per heavy atom. The number of methoxy groups -OCH3 is 1. The van der Waals surface area contributed by atoms with Crippen LogP contribution in [0, 0.1) is 0 Å². The van der Waals surface area contributed by atoms with Gasteiger partial charge in [0, 0.05) is 24.3 Å². The zero-order chi connectivity index (χ0) is 17.8. The van der Waals surface area contributed by atoms with Crippen LogP contribution in [-0.4, -0.2) is 25.0 Å². The zero-order valence-electron chi connectivity index (χ0n) is 14.2. The second kappa shape index (κ2) is 7.05. The van der Waals surface area contributed by atoms with E-state index in [1.165, 1.54) is 6.08 Å². The molecule has 126 valence electrons. The number of carbonyl (C=O) groups excluding carboxylic acids is 1. The van der Waals surface area contributed by atoms with Crippen molar-refractivity contribution in [3.8, 4) is 16.9 Å². The van der Waals surface area contributed by atoms with Crippen molar-refractivity contribution in [1.82, 2.24) is 4.98 Å². The first-order chi connectivity index (χ1) is 12.2. The molecular weight excluding hydrogens is 314 g/mol. The molecule has 1 heterocycles. The minimum absolute atomic E-state index is 0.282. The van der Waals surface area contributed by atoms with Crippen molar-refractivity contribution in [2.45, 2.75) is 0 Å². The Bertz CT molecular complexity index is 951. The largest absolute Gasteiger partial charge is 0.495 e. The van der Waals surface area contributed by atoms with Crippen LogP contribution in [0.2, 0.25) is 0 Å². The molecule has 0 aliphatic carbocycles. The van der Waals surface area contributed by atoms with Gasteiger partial charge in [0.2, 0.25) is 5.91 Å². The summed E-state index contributed by atoms with van der Waals surface area (Å²) < 4.78 is 5.32. The molecule has 2 aromatic carbocycles. The van der Waals surface area contributed by atoms with Gasteiger partial charge in [-0.2, -0.15) is 0 Å². The number of aromatic nitrogens is 1. The van der Waals surface area contributed by atoms with Crippen LogP contribution in [0.15, 0.2) is 61.3 Å². The number of hydrogen-bond acceptors (Lipinski definition) is 4. The van der Waals surface area contributed by atoms with E-state index in [-0.39, 0.29) is 5.91 Å². The third-order valence-corrected chi connectivity index (χ3v) is 3.99. The number of pyridine rings is 1. The van der Waals surface area contributed by atoms with Gasteiger partial charge in [-0.3, -0.25) is 9.78 Å². The molecule has 0 aliphatic heterocycles. The predicted octanol–water partition coefficient (Wildman–Crippen LogP) is 4.08. The van der Waals surface area contributed by atoms with Crippen molar-refractivity contribution in [3.05, 3.63) is 61.3 Å². The highest BCUT2D eigenvalue weighted by molar-refractivity contribution is 6.00. The fourth-order valence-electron chi connectivity index (χ4n) is 2.71. The van der Waals surface area contributed by atoms with Crippen molar-refractivity contribution < 1.29 is 9.53 Å². The number of fused-ring (bicyclic) bond motifs is 1. The molecule has 25 heavy (non-hydrogen) atoms. The number of ether oxygens (including phenoxy) is 1. The van der Waals surface area contributed by atoms with Gasteiger partial charge in [-0.1, -0.05) is 18.7 Å². The molecule has 0 saturated carbocycles. The first-order valence-corrected chi connectivity index (χ1v) is 7.84. The quantitative estimate of drug-likeness (QED) is 0.691. The minimum atomic E-state index is -0.282. The van der Waals surface area contributed by atoms with Gasteiger partial charge in [0.15, 0.2) is 0 Å². The average Bonchev–Trinajstić information content (AvgIpc) is 2.66. The molecule has 3 aromatic rings. The second-order valence-electron chi connectivity index (χ2n) is 5.45. The van der Waals surface area contributed by atoms with Crippen LogP contribution in [0.4, 0.5) is 11.4 Å². The number of anilines is 2. The SMILES string of the molecule is C=CC(=O)Nc1cc(-c2ccc3nccc(NC)c3c2)ccc1OC. The van der Waals surface area contributed by atoms with Gasteiger partial charge in [-0.15, -0.1) is 0 Å². The summed E-state index contributed by atoms with van der Waals surface area (Å²) in [6, 6.07) is 13.7. The Kier molecular flexibility index (Phi) is 4.66. The van der Waals surface area contributed by atoms with Gasteiger partial charge < -0.3 is 15.4 Å². The van der Waals surface area contributed by atoms with Gasteiger partial charge in [0.25, 0.3) is 0 Å². The molecule has 0 fully saturated rings. The molecule has 5 heteroatoms. The normalized spacial score (nSPS) is 10.3. The van der Waals surface area contributed by atoms with Crippen molar-refractivity contribution in [1.29, 1.82) is 0 Å². The van der Waals surface area contributed by atoms with E-state index in [9.17, 15) is 4.79 Å². The van der Waals surface area contributed by atoms with E-state index in [1.807, 2.05) is 43.4 Å². The molecule has 2 N–H and O–H groups in total. The van der Waals surface area contributed by atoms with E-state index in [0.29, 0.717) is 11.4 Å². The molecular formula is C20H19N3O2. The molecule has 0 aliphatic rings. The Morgan fingerprint density at radius 2 is 1.88 bits per heavy atom. The van der Waals surface area contributed by atoms with Crippen LogP contribution in [0.3, 0.4) is 0 Å². The van der Waals surface area contributed by atoms with E-state index in [0.717, 1.165) is 27.7 Å². The standard InChI is InChI=1S/C20H19N3O2/c1-4-20(24)23-18-12-14(6-8-19(18)25-3)13-5-7-17-15(11-13)16(21-2)9-10-22-17/h4-12H,1H2,2-3H3,(H,21,22)(H,23,24). The van der Waals surface area contributed by atoms with E-state index in [1.54, 1.807) is 13.3 Å². The summed E-state index contributed by atoms with van der Waals surface area (Å²) in [6.07, 6.45) is 3.01. The first kappa shape index (κ1) is 16.5. The number of carbonyl (C=O) groups is 1. The lowest BCUT2D eigenvalue weighted by molar-refractivity contribution is -0.111. The maximum absolute atomic E-state index is 11.7. The zero-order valence-corrected chi connectivity index (χ0v) is 14.2. The van der Waals surface area contributed by atoms with Crippen molar-refractivity contribution in [2.75, 3.05) is 24.8 Å². The highest BCUT2D eigenvalue weighted by Gasteiger charge is 2.09. The topological polar surface area (TPSA) is 63.2 Å². The summed E-state index contributed by atoms with van der Waals surface area (Å²) in [5.74, 6) is 0.313. The third-order valence-electron chi connectivity index (χ3n) is 3.99. The minimum Gasteiger partial charge on any atom is -0.495 e. The van der Waals surface area contributed by atoms with Crippen LogP contribution in [0.5, 0.6) is 5.75 Å². The monoisotopic (exact) mass is 333 g/mol. The first-order valence-electron chi connectivity index (χ1n) is 7.84. The Morgan fingerprint density at radius 3 is 2.60 bits per heavy atom. The Hall–Kier alpha value is -3.34. The molecule has 0 bridgehead atoms. The summed E-state index contributed by atoms with van der Waals surface area (Å²) in [4.78, 5) is 16.0. The molecule has 1 amide bonds. The predicted molar refractivity (Wildman–Crippen MR) is 102 cm³/mol. The molecule has 1 aromatic heterocycles. The average molecular weight is 333 g/mol. The van der Waals surface area contributed by atoms with E-state index in [4.69, 9.17) is 4.74 Å². The lowest BCUT2D eigenvalue weighted by Gasteiger charge is -2.12. The fraction of sp³-hybridized carbons (Fsp3) is 0.100. The number of nitrogens with zero attached hydrogens (tertiary/aromatic N) is 1. The molecule has 0 radical (unpaired) electrons. The van der Waals surface area contributed by atoms with Gasteiger partial charge in [-0.25, -0.2) is 0 Å². The summed E-state index contributed by atoms with van der Waals surface area (Å²) in [5, 5.41) is 7.00. The molecule has 3 rings (SSSR count). The highest BCUT2D eigenvalue weighted by Crippen LogP contribution is 2.33. The molecule has 5 nitrogen and oxygen atoms in total. The van der Waals surface area contributed by atoms with Gasteiger partial charge in [-0.05, 0) is 47.5 Å². The van der Waals surface area contributed by atoms with Crippen LogP contribution < -0.4 is 15.4 Å². The highest BCUT2D eigenvalue weighted by atomic mass is 16.5. The maximum atomic E-state index is 11.7. The Labute approximate surface area is 146 Å². The van der Waals surface area contributed by atoms with Crippen LogP contribution in [0.1, 0.15) is 0 Å². The number of rotatable bonds is 5. The fourth-order valence-corrected chi connectivity index (χ4v) is 2.71. The smallest absolute Gasteiger partial charge is 0.247 e. The Balaban J connectivity index is 2.09. The van der Waals surface area contributed by atoms with Crippen LogP contribution in [0.25, 0.3) is 22.0 Å². The number of hydrogen-bond donors (Lipinski definition) is 2.